The van der Waals surface area contributed by atoms with E-state index in [1.54, 1.807) is 4.90 Å². The van der Waals surface area contributed by atoms with E-state index in [4.69, 9.17) is 4.42 Å². The number of anilines is 1. The third-order valence-corrected chi connectivity index (χ3v) is 4.44. The van der Waals surface area contributed by atoms with Crippen molar-refractivity contribution in [1.82, 2.24) is 15.1 Å². The highest BCUT2D eigenvalue weighted by Gasteiger charge is 2.15. The molecule has 1 N–H and O–H groups in total. The van der Waals surface area contributed by atoms with Crippen LogP contribution in [-0.2, 0) is 13.1 Å². The van der Waals surface area contributed by atoms with E-state index in [0.717, 1.165) is 16.7 Å². The summed E-state index contributed by atoms with van der Waals surface area (Å²) in [5.41, 5.74) is 3.55. The van der Waals surface area contributed by atoms with Gasteiger partial charge in [-0.15, -0.1) is 10.2 Å². The largest absolute Gasteiger partial charge is 0.423 e. The molecule has 0 atom stereocenters. The van der Waals surface area contributed by atoms with Gasteiger partial charge in [-0.3, -0.25) is 0 Å². The molecule has 3 aromatic carbocycles. The second kappa shape index (κ2) is 8.84. The summed E-state index contributed by atoms with van der Waals surface area (Å²) in [6.07, 6.45) is 1.28. The van der Waals surface area contributed by atoms with Gasteiger partial charge < -0.3 is 14.6 Å². The van der Waals surface area contributed by atoms with Gasteiger partial charge in [0.2, 0.25) is 12.3 Å². The van der Waals surface area contributed by atoms with Crippen LogP contribution in [0.2, 0.25) is 0 Å². The molecule has 0 saturated heterocycles. The molecule has 0 spiro atoms. The summed E-state index contributed by atoms with van der Waals surface area (Å²) >= 11 is 0. The minimum Gasteiger partial charge on any atom is -0.423 e. The van der Waals surface area contributed by atoms with Crippen molar-refractivity contribution in [2.24, 2.45) is 0 Å². The van der Waals surface area contributed by atoms with Gasteiger partial charge in [0.15, 0.2) is 0 Å². The molecule has 1 aromatic heterocycles. The summed E-state index contributed by atoms with van der Waals surface area (Å²) in [5, 5.41) is 10.6. The van der Waals surface area contributed by atoms with Crippen LogP contribution in [0.1, 0.15) is 11.1 Å². The Bertz CT molecular complexity index is 1010. The maximum Gasteiger partial charge on any atom is 0.322 e. The highest BCUT2D eigenvalue weighted by molar-refractivity contribution is 5.90. The molecule has 0 unspecified atom stereocenters. The Morgan fingerprint density at radius 3 is 2.10 bits per heavy atom. The quantitative estimate of drug-likeness (QED) is 0.509. The first kappa shape index (κ1) is 18.4. The fourth-order valence-electron chi connectivity index (χ4n) is 3.04. The van der Waals surface area contributed by atoms with E-state index in [0.29, 0.717) is 24.7 Å². The van der Waals surface area contributed by atoms with Crippen molar-refractivity contribution in [3.8, 4) is 11.5 Å². The van der Waals surface area contributed by atoms with Gasteiger partial charge in [0.1, 0.15) is 0 Å². The Kier molecular flexibility index (Phi) is 5.62. The molecular weight excluding hydrogens is 364 g/mol. The van der Waals surface area contributed by atoms with Crippen molar-refractivity contribution in [3.05, 3.63) is 102 Å². The molecule has 4 aromatic rings. The molecule has 0 bridgehead atoms. The number of urea groups is 1. The Labute approximate surface area is 168 Å². The van der Waals surface area contributed by atoms with Gasteiger partial charge in [-0.1, -0.05) is 66.7 Å². The van der Waals surface area contributed by atoms with Crippen LogP contribution in [0, 0.1) is 0 Å². The fraction of sp³-hybridized carbons (Fsp3) is 0.0870. The topological polar surface area (TPSA) is 71.3 Å². The summed E-state index contributed by atoms with van der Waals surface area (Å²) in [4.78, 5) is 14.9. The maximum absolute atomic E-state index is 13.1. The zero-order chi connectivity index (χ0) is 19.9. The predicted molar refractivity (Wildman–Crippen MR) is 111 cm³/mol. The van der Waals surface area contributed by atoms with Crippen LogP contribution < -0.4 is 5.32 Å². The Morgan fingerprint density at radius 1 is 0.862 bits per heavy atom. The number of hydrogen-bond donors (Lipinski definition) is 1. The molecule has 0 saturated carbocycles. The number of hydrogen-bond acceptors (Lipinski definition) is 4. The molecule has 6 heteroatoms. The van der Waals surface area contributed by atoms with E-state index < -0.39 is 0 Å². The van der Waals surface area contributed by atoms with Gasteiger partial charge in [0.25, 0.3) is 0 Å². The summed E-state index contributed by atoms with van der Waals surface area (Å²) in [5.74, 6) is 0.409. The molecular formula is C23H20N4O2. The number of carbonyl (C=O) groups excluding carboxylic acids is 1. The molecule has 6 nitrogen and oxygen atoms in total. The van der Waals surface area contributed by atoms with Crippen LogP contribution in [0.3, 0.4) is 0 Å². The highest BCUT2D eigenvalue weighted by atomic mass is 16.4. The van der Waals surface area contributed by atoms with Crippen molar-refractivity contribution >= 4 is 11.7 Å². The van der Waals surface area contributed by atoms with Crippen molar-refractivity contribution < 1.29 is 9.21 Å². The molecule has 0 radical (unpaired) electrons. The second-order valence-corrected chi connectivity index (χ2v) is 6.58. The monoisotopic (exact) mass is 384 g/mol. The maximum atomic E-state index is 13.1. The number of amides is 2. The van der Waals surface area contributed by atoms with Crippen molar-refractivity contribution in [2.45, 2.75) is 13.1 Å². The average Bonchev–Trinajstić information content (AvgIpc) is 3.30. The molecule has 0 aliphatic carbocycles. The van der Waals surface area contributed by atoms with Crippen LogP contribution in [0.4, 0.5) is 10.5 Å². The lowest BCUT2D eigenvalue weighted by atomic mass is 10.1. The minimum atomic E-state index is -0.180. The molecule has 144 valence electrons. The lowest BCUT2D eigenvalue weighted by Gasteiger charge is -2.23. The lowest BCUT2D eigenvalue weighted by molar-refractivity contribution is 0.206. The van der Waals surface area contributed by atoms with E-state index in [1.165, 1.54) is 6.39 Å². The van der Waals surface area contributed by atoms with E-state index in [9.17, 15) is 4.79 Å². The van der Waals surface area contributed by atoms with Gasteiger partial charge in [0, 0.05) is 24.3 Å². The van der Waals surface area contributed by atoms with Gasteiger partial charge in [-0.25, -0.2) is 4.79 Å². The third kappa shape index (κ3) is 4.87. The number of benzene rings is 3. The molecule has 29 heavy (non-hydrogen) atoms. The molecule has 0 aliphatic heterocycles. The van der Waals surface area contributed by atoms with Crippen molar-refractivity contribution in [2.75, 3.05) is 5.32 Å². The average molecular weight is 384 g/mol. The number of nitrogens with zero attached hydrogens (tertiary/aromatic N) is 3. The van der Waals surface area contributed by atoms with E-state index >= 15 is 0 Å². The second-order valence-electron chi connectivity index (χ2n) is 6.58. The summed E-state index contributed by atoms with van der Waals surface area (Å²) in [6, 6.07) is 27.1. The predicted octanol–water partition coefficient (Wildman–Crippen LogP) is 4.97. The smallest absolute Gasteiger partial charge is 0.322 e. The number of carbonyl (C=O) groups is 1. The third-order valence-electron chi connectivity index (χ3n) is 4.44. The SMILES string of the molecule is O=C(Nc1cccc(-c2nnco2)c1)N(Cc1ccccc1)Cc1ccccc1. The van der Waals surface area contributed by atoms with E-state index in [1.807, 2.05) is 84.9 Å². The number of aromatic nitrogens is 2. The van der Waals surface area contributed by atoms with E-state index in [2.05, 4.69) is 15.5 Å². The molecule has 0 aliphatic rings. The first-order chi connectivity index (χ1) is 14.3. The fourth-order valence-corrected chi connectivity index (χ4v) is 3.04. The normalized spacial score (nSPS) is 10.5. The number of nitrogens with one attached hydrogen (secondary N) is 1. The van der Waals surface area contributed by atoms with Crippen molar-refractivity contribution in [1.29, 1.82) is 0 Å². The zero-order valence-corrected chi connectivity index (χ0v) is 15.7. The first-order valence-electron chi connectivity index (χ1n) is 9.28. The van der Waals surface area contributed by atoms with E-state index in [-0.39, 0.29) is 6.03 Å². The minimum absolute atomic E-state index is 0.180. The standard InChI is InChI=1S/C23H20N4O2/c28-23(25-21-13-7-12-20(14-21)22-26-24-17-29-22)27(15-18-8-3-1-4-9-18)16-19-10-5-2-6-11-19/h1-14,17H,15-16H2,(H,25,28). The zero-order valence-electron chi connectivity index (χ0n) is 15.7. The van der Waals surface area contributed by atoms with Crippen LogP contribution in [0.15, 0.2) is 95.7 Å². The molecule has 0 fully saturated rings. The van der Waals surface area contributed by atoms with Crippen LogP contribution in [0.25, 0.3) is 11.5 Å². The summed E-state index contributed by atoms with van der Waals surface area (Å²) in [7, 11) is 0. The highest BCUT2D eigenvalue weighted by Crippen LogP contribution is 2.21. The molecule has 2 amide bonds. The van der Waals surface area contributed by atoms with Crippen molar-refractivity contribution in [3.63, 3.8) is 0 Å². The summed E-state index contributed by atoms with van der Waals surface area (Å²) < 4.78 is 5.24. The number of rotatable bonds is 6. The Balaban J connectivity index is 1.53. The molecule has 4 rings (SSSR count). The lowest BCUT2D eigenvalue weighted by Crippen LogP contribution is -2.34. The molecule has 1 heterocycles. The van der Waals surface area contributed by atoms with Crippen LogP contribution in [0.5, 0.6) is 0 Å². The van der Waals surface area contributed by atoms with Gasteiger partial charge in [-0.2, -0.15) is 0 Å². The summed E-state index contributed by atoms with van der Waals surface area (Å²) in [6.45, 7) is 1.01. The Morgan fingerprint density at radius 2 is 1.52 bits per heavy atom. The first-order valence-corrected chi connectivity index (χ1v) is 9.28. The Hall–Kier alpha value is -3.93. The van der Waals surface area contributed by atoms with Gasteiger partial charge >= 0.3 is 6.03 Å². The van der Waals surface area contributed by atoms with Crippen LogP contribution >= 0.6 is 0 Å². The van der Waals surface area contributed by atoms with Gasteiger partial charge in [-0.05, 0) is 29.3 Å². The van der Waals surface area contributed by atoms with Gasteiger partial charge in [0.05, 0.1) is 0 Å². The van der Waals surface area contributed by atoms with Crippen LogP contribution in [-0.4, -0.2) is 21.1 Å².